The van der Waals surface area contributed by atoms with Crippen LogP contribution in [-0.4, -0.2) is 12.2 Å². The number of aliphatic hydroxyl groups is 1. The summed E-state index contributed by atoms with van der Waals surface area (Å²) in [5, 5.41) is 10.9. The Bertz CT molecular complexity index is 540. The molecule has 18 heavy (non-hydrogen) atoms. The first-order valence-electron chi connectivity index (χ1n) is 5.39. The molecule has 0 heterocycles. The topological polar surface area (TPSA) is 29.5 Å². The lowest BCUT2D eigenvalue weighted by molar-refractivity contribution is 0.219. The third kappa shape index (κ3) is 2.86. The molecule has 0 saturated carbocycles. The zero-order valence-corrected chi connectivity index (χ0v) is 12.1. The van der Waals surface area contributed by atoms with Gasteiger partial charge in [-0.3, -0.25) is 0 Å². The van der Waals surface area contributed by atoms with Gasteiger partial charge in [0.1, 0.15) is 11.9 Å². The normalized spacial score (nSPS) is 12.2. The first-order chi connectivity index (χ1) is 8.61. The second-order valence-electron chi connectivity index (χ2n) is 3.84. The van der Waals surface area contributed by atoms with Crippen LogP contribution in [0.15, 0.2) is 46.9 Å². The molecule has 0 fully saturated rings. The predicted molar refractivity (Wildman–Crippen MR) is 76.2 cm³/mol. The minimum atomic E-state index is -0.692. The van der Waals surface area contributed by atoms with Crippen molar-refractivity contribution in [3.63, 3.8) is 0 Å². The Hall–Kier alpha value is -1.03. The number of hydrogen-bond acceptors (Lipinski definition) is 2. The van der Waals surface area contributed by atoms with Crippen molar-refractivity contribution in [3.05, 3.63) is 63.1 Å². The Morgan fingerprint density at radius 1 is 1.17 bits per heavy atom. The molecule has 0 aliphatic heterocycles. The van der Waals surface area contributed by atoms with Crippen molar-refractivity contribution in [1.29, 1.82) is 0 Å². The summed E-state index contributed by atoms with van der Waals surface area (Å²) in [5.41, 5.74) is 1.59. The van der Waals surface area contributed by atoms with Crippen molar-refractivity contribution in [2.75, 3.05) is 7.11 Å². The zero-order valence-electron chi connectivity index (χ0n) is 9.73. The van der Waals surface area contributed by atoms with Gasteiger partial charge in [0.15, 0.2) is 0 Å². The fourth-order valence-electron chi connectivity index (χ4n) is 1.69. The van der Waals surface area contributed by atoms with Gasteiger partial charge in [-0.2, -0.15) is 0 Å². The first kappa shape index (κ1) is 13.4. The summed E-state index contributed by atoms with van der Waals surface area (Å²) in [4.78, 5) is 0. The Labute approximate surface area is 119 Å². The lowest BCUT2D eigenvalue weighted by Crippen LogP contribution is -2.00. The largest absolute Gasteiger partial charge is 0.497 e. The van der Waals surface area contributed by atoms with Gasteiger partial charge in [-0.25, -0.2) is 0 Å². The molecule has 0 bridgehead atoms. The Balaban J connectivity index is 2.31. The van der Waals surface area contributed by atoms with Crippen LogP contribution in [0.2, 0.25) is 5.02 Å². The van der Waals surface area contributed by atoms with E-state index in [1.165, 1.54) is 0 Å². The average Bonchev–Trinajstić information content (AvgIpc) is 2.38. The second kappa shape index (κ2) is 5.74. The number of halogens is 2. The molecule has 1 atom stereocenters. The van der Waals surface area contributed by atoms with E-state index in [1.807, 2.05) is 24.3 Å². The van der Waals surface area contributed by atoms with E-state index in [0.717, 1.165) is 21.3 Å². The summed E-state index contributed by atoms with van der Waals surface area (Å²) in [6.07, 6.45) is -0.692. The molecule has 0 spiro atoms. The van der Waals surface area contributed by atoms with Crippen LogP contribution in [0.4, 0.5) is 0 Å². The van der Waals surface area contributed by atoms with Crippen LogP contribution < -0.4 is 4.74 Å². The van der Waals surface area contributed by atoms with Gasteiger partial charge in [-0.1, -0.05) is 45.7 Å². The van der Waals surface area contributed by atoms with Crippen LogP contribution in [-0.2, 0) is 0 Å². The van der Waals surface area contributed by atoms with E-state index in [4.69, 9.17) is 16.3 Å². The van der Waals surface area contributed by atoms with Gasteiger partial charge in [0.2, 0.25) is 0 Å². The Kier molecular flexibility index (Phi) is 4.27. The fraction of sp³-hybridized carbons (Fsp3) is 0.143. The van der Waals surface area contributed by atoms with Crippen molar-refractivity contribution in [2.24, 2.45) is 0 Å². The van der Waals surface area contributed by atoms with E-state index >= 15 is 0 Å². The van der Waals surface area contributed by atoms with E-state index in [0.29, 0.717) is 5.02 Å². The third-order valence-corrected chi connectivity index (χ3v) is 3.61. The number of aliphatic hydroxyl groups excluding tert-OH is 1. The maximum absolute atomic E-state index is 10.3. The molecule has 0 saturated heterocycles. The van der Waals surface area contributed by atoms with Crippen LogP contribution in [0.5, 0.6) is 5.75 Å². The number of hydrogen-bond donors (Lipinski definition) is 1. The van der Waals surface area contributed by atoms with Crippen molar-refractivity contribution in [3.8, 4) is 5.75 Å². The smallest absolute Gasteiger partial charge is 0.118 e. The molecule has 94 valence electrons. The van der Waals surface area contributed by atoms with E-state index in [2.05, 4.69) is 15.9 Å². The highest BCUT2D eigenvalue weighted by molar-refractivity contribution is 9.10. The summed E-state index contributed by atoms with van der Waals surface area (Å²) >= 11 is 9.28. The van der Waals surface area contributed by atoms with Gasteiger partial charge in [0, 0.05) is 9.50 Å². The number of benzene rings is 2. The van der Waals surface area contributed by atoms with E-state index in [1.54, 1.807) is 25.3 Å². The molecule has 0 aliphatic rings. The molecule has 2 rings (SSSR count). The molecule has 0 radical (unpaired) electrons. The van der Waals surface area contributed by atoms with Crippen LogP contribution in [0, 0.1) is 0 Å². The molecule has 1 unspecified atom stereocenters. The van der Waals surface area contributed by atoms with Crippen LogP contribution in [0.1, 0.15) is 17.2 Å². The summed E-state index contributed by atoms with van der Waals surface area (Å²) < 4.78 is 5.88. The lowest BCUT2D eigenvalue weighted by atomic mass is 10.0. The fourth-order valence-corrected chi connectivity index (χ4v) is 2.59. The van der Waals surface area contributed by atoms with E-state index in [9.17, 15) is 5.11 Å². The molecule has 0 amide bonds. The molecule has 2 nitrogen and oxygen atoms in total. The van der Waals surface area contributed by atoms with Gasteiger partial charge in [0.05, 0.1) is 7.11 Å². The average molecular weight is 328 g/mol. The summed E-state index contributed by atoms with van der Waals surface area (Å²) in [6, 6.07) is 12.7. The van der Waals surface area contributed by atoms with Crippen molar-refractivity contribution < 1.29 is 9.84 Å². The molecule has 0 aliphatic carbocycles. The molecule has 0 aromatic heterocycles. The summed E-state index contributed by atoms with van der Waals surface area (Å²) in [7, 11) is 1.61. The SMILES string of the molecule is COc1ccc(C(O)c2ccc(Cl)cc2Br)cc1. The Morgan fingerprint density at radius 2 is 1.83 bits per heavy atom. The van der Waals surface area contributed by atoms with Crippen LogP contribution in [0.3, 0.4) is 0 Å². The second-order valence-corrected chi connectivity index (χ2v) is 5.13. The molecule has 4 heteroatoms. The van der Waals surface area contributed by atoms with Crippen molar-refractivity contribution in [2.45, 2.75) is 6.10 Å². The van der Waals surface area contributed by atoms with Gasteiger partial charge in [-0.05, 0) is 35.4 Å². The lowest BCUT2D eigenvalue weighted by Gasteiger charge is -2.14. The predicted octanol–water partition coefficient (Wildman–Crippen LogP) is 4.19. The monoisotopic (exact) mass is 326 g/mol. The van der Waals surface area contributed by atoms with E-state index in [-0.39, 0.29) is 0 Å². The maximum Gasteiger partial charge on any atom is 0.118 e. The summed E-state index contributed by atoms with van der Waals surface area (Å²) in [5.74, 6) is 0.765. The van der Waals surface area contributed by atoms with Crippen molar-refractivity contribution in [1.82, 2.24) is 0 Å². The molecule has 2 aromatic carbocycles. The molecule has 1 N–H and O–H groups in total. The third-order valence-electron chi connectivity index (χ3n) is 2.69. The highest BCUT2D eigenvalue weighted by Crippen LogP contribution is 2.31. The van der Waals surface area contributed by atoms with Gasteiger partial charge < -0.3 is 9.84 Å². The summed E-state index contributed by atoms with van der Waals surface area (Å²) in [6.45, 7) is 0. The number of ether oxygens (including phenoxy) is 1. The highest BCUT2D eigenvalue weighted by atomic mass is 79.9. The van der Waals surface area contributed by atoms with Gasteiger partial charge >= 0.3 is 0 Å². The van der Waals surface area contributed by atoms with Gasteiger partial charge in [-0.15, -0.1) is 0 Å². The van der Waals surface area contributed by atoms with E-state index < -0.39 is 6.10 Å². The quantitative estimate of drug-likeness (QED) is 0.916. The molecule has 2 aromatic rings. The van der Waals surface area contributed by atoms with Crippen molar-refractivity contribution >= 4 is 27.5 Å². The Morgan fingerprint density at radius 3 is 2.39 bits per heavy atom. The minimum absolute atomic E-state index is 0.632. The van der Waals surface area contributed by atoms with Crippen LogP contribution in [0.25, 0.3) is 0 Å². The highest BCUT2D eigenvalue weighted by Gasteiger charge is 2.13. The number of methoxy groups -OCH3 is 1. The van der Waals surface area contributed by atoms with Crippen LogP contribution >= 0.6 is 27.5 Å². The van der Waals surface area contributed by atoms with Gasteiger partial charge in [0.25, 0.3) is 0 Å². The zero-order chi connectivity index (χ0) is 13.1. The molecular weight excluding hydrogens is 316 g/mol. The minimum Gasteiger partial charge on any atom is -0.497 e. The maximum atomic E-state index is 10.3. The first-order valence-corrected chi connectivity index (χ1v) is 6.56. The number of rotatable bonds is 3. The molecular formula is C14H12BrClO2. The standard InChI is InChI=1S/C14H12BrClO2/c1-18-11-5-2-9(3-6-11)14(17)12-7-4-10(16)8-13(12)15/h2-8,14,17H,1H3.